The van der Waals surface area contributed by atoms with E-state index in [0.717, 1.165) is 16.5 Å². The quantitative estimate of drug-likeness (QED) is 0.646. The van der Waals surface area contributed by atoms with Gasteiger partial charge in [-0.3, -0.25) is 0 Å². The zero-order valence-corrected chi connectivity index (χ0v) is 9.54. The molecule has 1 heterocycles. The first-order valence-corrected chi connectivity index (χ1v) is 5.59. The average Bonchev–Trinajstić information content (AvgIpc) is 2.47. The summed E-state index contributed by atoms with van der Waals surface area (Å²) < 4.78 is 0. The van der Waals surface area contributed by atoms with E-state index >= 15 is 0 Å². The maximum absolute atomic E-state index is 8.76. The van der Waals surface area contributed by atoms with Crippen molar-refractivity contribution in [3.63, 3.8) is 0 Å². The first kappa shape index (κ1) is 10.4. The average molecular weight is 231 g/mol. The molecule has 0 saturated carbocycles. The van der Waals surface area contributed by atoms with Gasteiger partial charge in [0.1, 0.15) is 0 Å². The number of benzene rings is 2. The Labute approximate surface area is 104 Å². The van der Waals surface area contributed by atoms with Gasteiger partial charge in [-0.15, -0.1) is 0 Å². The fraction of sp³-hybridized carbons (Fsp3) is 0. The number of nitrogens with zero attached hydrogens (tertiary/aromatic N) is 3. The molecule has 0 aliphatic heterocycles. The monoisotopic (exact) mass is 231 g/mol. The molecule has 0 atom stereocenters. The van der Waals surface area contributed by atoms with E-state index in [-0.39, 0.29) is 0 Å². The third-order valence-electron chi connectivity index (χ3n) is 2.76. The lowest BCUT2D eigenvalue weighted by Crippen LogP contribution is -1.89. The second-order valence-electron chi connectivity index (χ2n) is 3.94. The molecule has 0 amide bonds. The summed E-state index contributed by atoms with van der Waals surface area (Å²) in [4.78, 5) is 8.85. The minimum absolute atomic E-state index is 0.638. The minimum Gasteiger partial charge on any atom is -0.236 e. The Balaban J connectivity index is 2.10. The second-order valence-corrected chi connectivity index (χ2v) is 3.94. The van der Waals surface area contributed by atoms with Gasteiger partial charge in [0, 0.05) is 17.1 Å². The molecule has 84 valence electrons. The molecule has 0 spiro atoms. The third kappa shape index (κ3) is 1.80. The molecule has 0 unspecified atom stereocenters. The highest BCUT2D eigenvalue weighted by molar-refractivity contribution is 5.79. The summed E-state index contributed by atoms with van der Waals surface area (Å²) in [7, 11) is 0. The Morgan fingerprint density at radius 3 is 2.50 bits per heavy atom. The highest BCUT2D eigenvalue weighted by atomic mass is 14.9. The van der Waals surface area contributed by atoms with Gasteiger partial charge in [0.05, 0.1) is 17.1 Å². The van der Waals surface area contributed by atoms with Gasteiger partial charge in [-0.25, -0.2) is 9.97 Å². The van der Waals surface area contributed by atoms with Crippen LogP contribution in [-0.4, -0.2) is 9.97 Å². The number of nitriles is 1. The molecule has 0 radical (unpaired) electrons. The molecule has 0 bridgehead atoms. The van der Waals surface area contributed by atoms with Gasteiger partial charge < -0.3 is 0 Å². The largest absolute Gasteiger partial charge is 0.236 e. The lowest BCUT2D eigenvalue weighted by Gasteiger charge is -2.02. The van der Waals surface area contributed by atoms with Gasteiger partial charge in [0.15, 0.2) is 5.82 Å². The fourth-order valence-electron chi connectivity index (χ4n) is 1.81. The summed E-state index contributed by atoms with van der Waals surface area (Å²) in [5.74, 6) is 0.679. The van der Waals surface area contributed by atoms with Crippen LogP contribution in [0.5, 0.6) is 0 Å². The first-order chi connectivity index (χ1) is 8.86. The standard InChI is InChI=1S/C15H9N3/c16-9-11-5-7-12(8-6-11)15-17-10-13-3-1-2-4-14(13)18-15/h1-8,10H. The normalized spacial score (nSPS) is 10.2. The molecule has 0 N–H and O–H groups in total. The lowest BCUT2D eigenvalue weighted by atomic mass is 10.1. The zero-order chi connectivity index (χ0) is 12.4. The van der Waals surface area contributed by atoms with Crippen molar-refractivity contribution in [1.29, 1.82) is 5.26 Å². The van der Waals surface area contributed by atoms with E-state index in [1.165, 1.54) is 0 Å². The predicted octanol–water partition coefficient (Wildman–Crippen LogP) is 3.17. The van der Waals surface area contributed by atoms with Gasteiger partial charge in [-0.05, 0) is 30.3 Å². The van der Waals surface area contributed by atoms with Crippen molar-refractivity contribution in [2.75, 3.05) is 0 Å². The van der Waals surface area contributed by atoms with Crippen LogP contribution < -0.4 is 0 Å². The van der Waals surface area contributed by atoms with Crippen LogP contribution in [-0.2, 0) is 0 Å². The maximum atomic E-state index is 8.76. The Hall–Kier alpha value is -2.73. The smallest absolute Gasteiger partial charge is 0.159 e. The number of aromatic nitrogens is 2. The van der Waals surface area contributed by atoms with E-state index < -0.39 is 0 Å². The molecule has 3 rings (SSSR count). The highest BCUT2D eigenvalue weighted by Crippen LogP contribution is 2.18. The Bertz CT molecular complexity index is 740. The fourth-order valence-corrected chi connectivity index (χ4v) is 1.81. The van der Waals surface area contributed by atoms with E-state index in [0.29, 0.717) is 11.4 Å². The molecular formula is C15H9N3. The van der Waals surface area contributed by atoms with Gasteiger partial charge in [0.2, 0.25) is 0 Å². The van der Waals surface area contributed by atoms with Crippen LogP contribution in [0.15, 0.2) is 54.7 Å². The van der Waals surface area contributed by atoms with Crippen molar-refractivity contribution in [1.82, 2.24) is 9.97 Å². The van der Waals surface area contributed by atoms with Crippen LogP contribution in [0.1, 0.15) is 5.56 Å². The predicted molar refractivity (Wildman–Crippen MR) is 69.7 cm³/mol. The van der Waals surface area contributed by atoms with Crippen molar-refractivity contribution in [2.45, 2.75) is 0 Å². The van der Waals surface area contributed by atoms with Crippen LogP contribution in [0, 0.1) is 11.3 Å². The molecule has 3 heteroatoms. The Morgan fingerprint density at radius 2 is 1.72 bits per heavy atom. The number of para-hydroxylation sites is 1. The number of hydrogen-bond acceptors (Lipinski definition) is 3. The highest BCUT2D eigenvalue weighted by Gasteiger charge is 2.02. The van der Waals surface area contributed by atoms with Crippen LogP contribution in [0.4, 0.5) is 0 Å². The van der Waals surface area contributed by atoms with E-state index in [4.69, 9.17) is 5.26 Å². The molecule has 3 aromatic rings. The number of fused-ring (bicyclic) bond motifs is 1. The molecule has 0 aliphatic carbocycles. The molecule has 0 fully saturated rings. The van der Waals surface area contributed by atoms with Crippen molar-refractivity contribution >= 4 is 10.9 Å². The van der Waals surface area contributed by atoms with Crippen molar-refractivity contribution in [3.05, 3.63) is 60.3 Å². The van der Waals surface area contributed by atoms with Crippen molar-refractivity contribution < 1.29 is 0 Å². The minimum atomic E-state index is 0.638. The molecule has 3 nitrogen and oxygen atoms in total. The zero-order valence-electron chi connectivity index (χ0n) is 9.54. The summed E-state index contributed by atoms with van der Waals surface area (Å²) in [6.45, 7) is 0. The summed E-state index contributed by atoms with van der Waals surface area (Å²) in [6.07, 6.45) is 1.82. The maximum Gasteiger partial charge on any atom is 0.159 e. The van der Waals surface area contributed by atoms with E-state index in [9.17, 15) is 0 Å². The summed E-state index contributed by atoms with van der Waals surface area (Å²) in [6, 6.07) is 17.2. The molecule has 2 aromatic carbocycles. The van der Waals surface area contributed by atoms with Gasteiger partial charge in [-0.1, -0.05) is 18.2 Å². The molecule has 1 aromatic heterocycles. The van der Waals surface area contributed by atoms with Crippen molar-refractivity contribution in [3.8, 4) is 17.5 Å². The summed E-state index contributed by atoms with van der Waals surface area (Å²) in [5, 5.41) is 9.78. The van der Waals surface area contributed by atoms with Gasteiger partial charge >= 0.3 is 0 Å². The van der Waals surface area contributed by atoms with E-state index in [1.54, 1.807) is 12.1 Å². The number of hydrogen-bond donors (Lipinski definition) is 0. The topological polar surface area (TPSA) is 49.6 Å². The van der Waals surface area contributed by atoms with Crippen LogP contribution >= 0.6 is 0 Å². The van der Waals surface area contributed by atoms with Crippen LogP contribution in [0.25, 0.3) is 22.3 Å². The lowest BCUT2D eigenvalue weighted by molar-refractivity contribution is 1.23. The molecular weight excluding hydrogens is 222 g/mol. The van der Waals surface area contributed by atoms with Crippen LogP contribution in [0.3, 0.4) is 0 Å². The van der Waals surface area contributed by atoms with Crippen molar-refractivity contribution in [2.24, 2.45) is 0 Å². The second kappa shape index (κ2) is 4.27. The SMILES string of the molecule is N#Cc1ccc(-c2ncc3ccccc3n2)cc1. The van der Waals surface area contributed by atoms with E-state index in [2.05, 4.69) is 16.0 Å². The Kier molecular flexibility index (Phi) is 2.47. The Morgan fingerprint density at radius 1 is 0.944 bits per heavy atom. The van der Waals surface area contributed by atoms with Crippen LogP contribution in [0.2, 0.25) is 0 Å². The van der Waals surface area contributed by atoms with Gasteiger partial charge in [0.25, 0.3) is 0 Å². The summed E-state index contributed by atoms with van der Waals surface area (Å²) in [5.41, 5.74) is 2.48. The molecule has 18 heavy (non-hydrogen) atoms. The first-order valence-electron chi connectivity index (χ1n) is 5.59. The number of rotatable bonds is 1. The van der Waals surface area contributed by atoms with Gasteiger partial charge in [-0.2, -0.15) is 5.26 Å². The third-order valence-corrected chi connectivity index (χ3v) is 2.76. The van der Waals surface area contributed by atoms with E-state index in [1.807, 2.05) is 42.6 Å². The molecule has 0 saturated heterocycles. The summed E-state index contributed by atoms with van der Waals surface area (Å²) >= 11 is 0. The molecule has 0 aliphatic rings.